The maximum Gasteiger partial charge on any atom is 2.00 e. The van der Waals surface area contributed by atoms with E-state index in [9.17, 15) is 29.4 Å². The molecule has 0 atom stereocenters. The summed E-state index contributed by atoms with van der Waals surface area (Å²) in [5.41, 5.74) is 3.68. The van der Waals surface area contributed by atoms with E-state index in [-0.39, 0.29) is 58.4 Å². The van der Waals surface area contributed by atoms with E-state index in [4.69, 9.17) is 22.4 Å². The van der Waals surface area contributed by atoms with Gasteiger partial charge in [0.25, 0.3) is 0 Å². The fraction of sp³-hybridized carbons (Fsp3) is 0.571. The number of hydrogen-bond acceptors (Lipinski definition) is 8. The standard InChI is InChI=1S/2C28H42O3PS2.3Zn/c2*1-3-5-7-9-11-13-19-25-21-15-17-23-27(25)34(33,32(29,30)31)28-24-18-16-22-26(28)20-14-12-10-8-6-4-2;;;/h2*15-18,21-24H,3-14,19-20H2,1-2H3;;;/q2*-3;3*+2. The first-order valence-corrected chi connectivity index (χ1v) is 35.6. The molecule has 15 heteroatoms. The minimum absolute atomic E-state index is 0. The van der Waals surface area contributed by atoms with Gasteiger partial charge in [-0.1, -0.05) is 251 Å². The van der Waals surface area contributed by atoms with Gasteiger partial charge in [-0.3, -0.25) is 0 Å². The molecule has 0 saturated carbocycles. The van der Waals surface area contributed by atoms with Gasteiger partial charge in [0, 0.05) is 19.6 Å². The predicted octanol–water partition coefficient (Wildman–Crippen LogP) is 12.6. The van der Waals surface area contributed by atoms with Crippen molar-refractivity contribution in [2.45, 2.75) is 227 Å². The van der Waals surface area contributed by atoms with Gasteiger partial charge in [0.15, 0.2) is 0 Å². The van der Waals surface area contributed by atoms with Crippen LogP contribution in [-0.2, 0) is 122 Å². The number of hydrogen-bond donors (Lipinski definition) is 0. The molecule has 384 valence electrons. The van der Waals surface area contributed by atoms with Crippen molar-refractivity contribution in [2.24, 2.45) is 0 Å². The van der Waals surface area contributed by atoms with E-state index in [1.54, 1.807) is 24.3 Å². The quantitative estimate of drug-likeness (QED) is 0.0268. The van der Waals surface area contributed by atoms with Gasteiger partial charge in [0.2, 0.25) is 0 Å². The zero-order valence-corrected chi connectivity index (χ0v) is 58.1. The van der Waals surface area contributed by atoms with Gasteiger partial charge in [-0.25, -0.2) is 0 Å². The van der Waals surface area contributed by atoms with Gasteiger partial charge in [-0.05, 0) is 97.9 Å². The molecular formula is C56H84O6P2S4Zn3. The Hall–Kier alpha value is 0.510. The minimum atomic E-state index is -5.10. The normalized spacial score (nSPS) is 11.7. The van der Waals surface area contributed by atoms with E-state index in [0.29, 0.717) is 19.6 Å². The van der Waals surface area contributed by atoms with Crippen molar-refractivity contribution in [3.8, 4) is 0 Å². The van der Waals surface area contributed by atoms with E-state index < -0.39 is 29.0 Å². The fourth-order valence-corrected chi connectivity index (χ4v) is 20.6. The van der Waals surface area contributed by atoms with Gasteiger partial charge < -0.3 is 42.8 Å². The molecule has 0 N–H and O–H groups in total. The van der Waals surface area contributed by atoms with Crippen molar-refractivity contribution in [3.05, 3.63) is 119 Å². The van der Waals surface area contributed by atoms with Crippen LogP contribution in [0.4, 0.5) is 0 Å². The smallest absolute Gasteiger partial charge is 0.847 e. The number of unbranched alkanes of at least 4 members (excludes halogenated alkanes) is 20. The van der Waals surface area contributed by atoms with Gasteiger partial charge >= 0.3 is 58.4 Å². The fourth-order valence-electron chi connectivity index (χ4n) is 9.02. The second-order valence-corrected chi connectivity index (χ2v) is 34.6. The van der Waals surface area contributed by atoms with Crippen molar-refractivity contribution in [1.82, 2.24) is 0 Å². The number of benzene rings is 4. The monoisotopic (exact) mass is 1230 g/mol. The molecule has 0 spiro atoms. The average Bonchev–Trinajstić information content (AvgIpc) is 3.33. The molecule has 0 aliphatic carbocycles. The Balaban J connectivity index is 0.00000132. The molecule has 0 amide bonds. The summed E-state index contributed by atoms with van der Waals surface area (Å²) in [4.78, 5) is 79.4. The third kappa shape index (κ3) is 23.6. The number of aryl methyl sites for hydroxylation is 4. The molecule has 0 saturated heterocycles. The molecule has 0 bridgehead atoms. The molecule has 4 aromatic carbocycles. The molecule has 0 aliphatic heterocycles. The van der Waals surface area contributed by atoms with E-state index >= 15 is 0 Å². The third-order valence-corrected chi connectivity index (χ3v) is 29.7. The van der Waals surface area contributed by atoms with Crippen molar-refractivity contribution in [2.75, 3.05) is 0 Å². The molecular weight excluding hydrogens is 1150 g/mol. The van der Waals surface area contributed by atoms with Crippen LogP contribution in [0.3, 0.4) is 0 Å². The van der Waals surface area contributed by atoms with E-state index in [1.807, 2.05) is 72.8 Å². The van der Waals surface area contributed by atoms with E-state index in [0.717, 1.165) is 99.3 Å². The van der Waals surface area contributed by atoms with Gasteiger partial charge in [0.05, 0.1) is 0 Å². The second kappa shape index (κ2) is 39.8. The van der Waals surface area contributed by atoms with Crippen LogP contribution >= 0.6 is 13.4 Å². The van der Waals surface area contributed by atoms with E-state index in [2.05, 4.69) is 27.7 Å². The van der Waals surface area contributed by atoms with Crippen LogP contribution in [0.2, 0.25) is 0 Å². The zero-order valence-electron chi connectivity index (χ0n) is 44.1. The van der Waals surface area contributed by atoms with Crippen molar-refractivity contribution < 1.29 is 87.8 Å². The Bertz CT molecular complexity index is 2050. The topological polar surface area (TPSA) is 138 Å². The summed E-state index contributed by atoms with van der Waals surface area (Å²) in [6.07, 6.45) is 30.9. The Kier molecular flexibility index (Phi) is 40.1. The largest absolute Gasteiger partial charge is 2.00 e. The maximum absolute atomic E-state index is 12.9. The summed E-state index contributed by atoms with van der Waals surface area (Å²) in [5, 5.41) is 0. The molecule has 71 heavy (non-hydrogen) atoms. The van der Waals surface area contributed by atoms with Crippen LogP contribution in [0.25, 0.3) is 0 Å². The Labute approximate surface area is 480 Å². The van der Waals surface area contributed by atoms with E-state index in [1.165, 1.54) is 103 Å². The molecule has 0 radical (unpaired) electrons. The first kappa shape index (κ1) is 71.5. The first-order chi connectivity index (χ1) is 32.7. The number of rotatable bonds is 32. The summed E-state index contributed by atoms with van der Waals surface area (Å²) in [7, 11) is -6.30. The van der Waals surface area contributed by atoms with Crippen LogP contribution in [0.15, 0.2) is 117 Å². The van der Waals surface area contributed by atoms with Crippen molar-refractivity contribution in [3.63, 3.8) is 0 Å². The molecule has 6 nitrogen and oxygen atoms in total. The van der Waals surface area contributed by atoms with Crippen molar-refractivity contribution >= 4 is 51.3 Å². The van der Waals surface area contributed by atoms with Crippen LogP contribution in [-0.4, -0.2) is 0 Å². The molecule has 0 fully saturated rings. The van der Waals surface area contributed by atoms with Gasteiger partial charge in [-0.15, -0.1) is 15.5 Å². The Morgan fingerprint density at radius 1 is 0.296 bits per heavy atom. The van der Waals surface area contributed by atoms with Crippen molar-refractivity contribution in [1.29, 1.82) is 0 Å². The molecule has 4 rings (SSSR count). The van der Waals surface area contributed by atoms with Crippen LogP contribution in [0, 0.1) is 0 Å². The average molecular weight is 1240 g/mol. The first-order valence-electron chi connectivity index (χ1n) is 26.2. The summed E-state index contributed by atoms with van der Waals surface area (Å²) in [6.45, 7) is -1.37. The van der Waals surface area contributed by atoms with Gasteiger partial charge in [-0.2, -0.15) is 0 Å². The SMILES string of the molecule is CCCCCCCCc1ccccc1S(=S)(c1ccccc1CCCCCCCC)=P([O-])([O-])[O-].CCCCCCCCc1ccccc1S(=S)(c1ccccc1CCCCCCCC)=P([O-])([O-])[O-].[Zn+2].[Zn+2].[Zn+2]. The summed E-state index contributed by atoms with van der Waals surface area (Å²) in [6, 6.07) is 30.0. The molecule has 4 aromatic rings. The Morgan fingerprint density at radius 2 is 0.465 bits per heavy atom. The van der Waals surface area contributed by atoms with Crippen LogP contribution < -0.4 is 29.4 Å². The molecule has 0 aliphatic rings. The predicted molar refractivity (Wildman–Crippen MR) is 290 cm³/mol. The zero-order chi connectivity index (χ0) is 49.7. The Morgan fingerprint density at radius 3 is 0.648 bits per heavy atom. The maximum atomic E-state index is 12.9. The van der Waals surface area contributed by atoms with Crippen LogP contribution in [0.1, 0.15) is 204 Å². The minimum Gasteiger partial charge on any atom is -0.847 e. The molecule has 0 heterocycles. The van der Waals surface area contributed by atoms with Crippen LogP contribution in [0.5, 0.6) is 0 Å². The summed E-state index contributed by atoms with van der Waals surface area (Å²) < 4.78 is 0. The second-order valence-electron chi connectivity index (χ2n) is 18.4. The summed E-state index contributed by atoms with van der Waals surface area (Å²) in [5.74, 6) is 0. The molecule has 0 aromatic heterocycles. The third-order valence-electron chi connectivity index (χ3n) is 12.9. The van der Waals surface area contributed by atoms with Gasteiger partial charge in [0.1, 0.15) is 0 Å². The molecule has 0 unspecified atom stereocenters. The summed E-state index contributed by atoms with van der Waals surface area (Å²) >= 11 is 11.8.